The molecule has 3 rings (SSSR count). The van der Waals surface area contributed by atoms with Crippen molar-refractivity contribution < 1.29 is 25.3 Å². The Hall–Kier alpha value is -1.90. The first kappa shape index (κ1) is 44.1. The first-order valence-corrected chi connectivity index (χ1v) is 20.3. The summed E-state index contributed by atoms with van der Waals surface area (Å²) in [6.07, 6.45) is 8.36. The minimum atomic E-state index is -3.23. The van der Waals surface area contributed by atoms with Crippen molar-refractivity contribution in [1.29, 1.82) is 0 Å². The van der Waals surface area contributed by atoms with Gasteiger partial charge < -0.3 is 0 Å². The van der Waals surface area contributed by atoms with Crippen molar-refractivity contribution in [2.24, 2.45) is 4.40 Å². The minimum Gasteiger partial charge on any atom is -0.242 e. The van der Waals surface area contributed by atoms with Crippen LogP contribution in [0.5, 0.6) is 0 Å². The molecule has 1 heterocycles. The molecule has 0 saturated heterocycles. The molecule has 0 fully saturated rings. The van der Waals surface area contributed by atoms with Gasteiger partial charge in [-0.15, -0.1) is 0 Å². The third-order valence-electron chi connectivity index (χ3n) is 6.00. The van der Waals surface area contributed by atoms with Crippen molar-refractivity contribution in [3.8, 4) is 0 Å². The zero-order valence-corrected chi connectivity index (χ0v) is 32.9. The highest BCUT2D eigenvalue weighted by molar-refractivity contribution is 9.09. The molecule has 0 N–H and O–H groups in total. The molecule has 0 aliphatic carbocycles. The van der Waals surface area contributed by atoms with E-state index in [4.69, 9.17) is 8.42 Å². The number of benzene rings is 2. The second-order valence-corrected chi connectivity index (χ2v) is 18.6. The number of sulfone groups is 1. The quantitative estimate of drug-likeness (QED) is 0.150. The number of rotatable bonds is 9. The van der Waals surface area contributed by atoms with Gasteiger partial charge in [-0.25, -0.2) is 21.1 Å². The van der Waals surface area contributed by atoms with Gasteiger partial charge in [0, 0.05) is 29.5 Å². The largest absolute Gasteiger partial charge is 0.335 e. The first-order chi connectivity index (χ1) is 21.5. The summed E-state index contributed by atoms with van der Waals surface area (Å²) < 4.78 is 68.9. The summed E-state index contributed by atoms with van der Waals surface area (Å²) in [6.45, 7) is 16.8. The predicted octanol–water partition coefficient (Wildman–Crippen LogP) is 7.34. The summed E-state index contributed by atoms with van der Waals surface area (Å²) in [5.74, 6) is 0. The molecule has 0 unspecified atom stereocenters. The standard InChI is InChI=1S/C17H25NOS.C9H9BrO2S.C7H15NOS.O2S/c1-5-16-15(13-14-9-7-6-8-10-14)11-12-18(16)20(19)17(2,3)4;10-7-4-8-13(11,12)9-5-2-1-3-6-9;1-5-6-8-10(9)7(2,3)4;1-3-2/h6-11,16H,5,12-13H2,1-4H3;1-6,8H,7H2;6H,5H2,1-4H3;/b;8-4+;;/t16-,20-;;10-;/m0.0./s1. The van der Waals surface area contributed by atoms with Crippen LogP contribution in [-0.2, 0) is 49.8 Å². The van der Waals surface area contributed by atoms with Crippen molar-refractivity contribution in [2.75, 3.05) is 11.9 Å². The van der Waals surface area contributed by atoms with Crippen LogP contribution >= 0.6 is 15.9 Å². The molecule has 0 aromatic heterocycles. The summed E-state index contributed by atoms with van der Waals surface area (Å²) in [6, 6.07) is 19.2. The lowest BCUT2D eigenvalue weighted by Gasteiger charge is -2.31. The molecular weight excluding hydrogens is 729 g/mol. The Balaban J connectivity index is 0.000000674. The fraction of sp³-hybridized carbons (Fsp3) is 0.485. The highest BCUT2D eigenvalue weighted by Crippen LogP contribution is 2.29. The fourth-order valence-corrected chi connectivity index (χ4v) is 7.34. The second-order valence-electron chi connectivity index (χ2n) is 11.8. The van der Waals surface area contributed by atoms with E-state index in [1.54, 1.807) is 42.6 Å². The summed E-state index contributed by atoms with van der Waals surface area (Å²) in [4.78, 5) is 0.326. The Morgan fingerprint density at radius 1 is 0.935 bits per heavy atom. The molecule has 46 heavy (non-hydrogen) atoms. The lowest BCUT2D eigenvalue weighted by molar-refractivity contribution is 0.408. The van der Waals surface area contributed by atoms with Gasteiger partial charge in [0.2, 0.25) is 0 Å². The van der Waals surface area contributed by atoms with Gasteiger partial charge in [0.15, 0.2) is 9.84 Å². The Labute approximate surface area is 294 Å². The normalized spacial score (nSPS) is 16.6. The topological polar surface area (TPSA) is 118 Å². The number of hydrogen-bond acceptors (Lipinski definition) is 6. The van der Waals surface area contributed by atoms with E-state index in [0.29, 0.717) is 16.3 Å². The van der Waals surface area contributed by atoms with Gasteiger partial charge in [0.1, 0.15) is 22.0 Å². The predicted molar refractivity (Wildman–Crippen MR) is 199 cm³/mol. The van der Waals surface area contributed by atoms with Crippen LogP contribution < -0.4 is 0 Å². The molecule has 8 nitrogen and oxygen atoms in total. The van der Waals surface area contributed by atoms with Gasteiger partial charge in [0.05, 0.1) is 14.4 Å². The zero-order valence-electron chi connectivity index (χ0n) is 28.1. The third-order valence-corrected chi connectivity index (χ3v) is 11.1. The fourth-order valence-electron chi connectivity index (χ4n) is 3.83. The Kier molecular flexibility index (Phi) is 21.7. The minimum absolute atomic E-state index is 0.191. The van der Waals surface area contributed by atoms with E-state index in [1.807, 2.05) is 54.5 Å². The van der Waals surface area contributed by atoms with Gasteiger partial charge in [-0.2, -0.15) is 12.8 Å². The van der Waals surface area contributed by atoms with Gasteiger partial charge in [-0.1, -0.05) is 96.0 Å². The smallest absolute Gasteiger partial charge is 0.242 e. The average molecular weight is 778 g/mol. The van der Waals surface area contributed by atoms with Crippen LogP contribution in [0.2, 0.25) is 0 Å². The van der Waals surface area contributed by atoms with Crippen LogP contribution in [0, 0.1) is 0 Å². The number of halogens is 1. The van der Waals surface area contributed by atoms with E-state index in [-0.39, 0.29) is 9.49 Å². The van der Waals surface area contributed by atoms with Crippen LogP contribution in [0.1, 0.15) is 73.8 Å². The average Bonchev–Trinajstić information content (AvgIpc) is 3.41. The molecule has 3 atom stereocenters. The Morgan fingerprint density at radius 3 is 1.89 bits per heavy atom. The van der Waals surface area contributed by atoms with E-state index < -0.39 is 43.4 Å². The van der Waals surface area contributed by atoms with E-state index in [0.717, 1.165) is 25.8 Å². The summed E-state index contributed by atoms with van der Waals surface area (Å²) in [5.41, 5.74) is 2.75. The monoisotopic (exact) mass is 776 g/mol. The molecule has 0 bridgehead atoms. The number of hydrogen-bond donors (Lipinski definition) is 0. The van der Waals surface area contributed by atoms with Crippen molar-refractivity contribution in [1.82, 2.24) is 4.31 Å². The summed E-state index contributed by atoms with van der Waals surface area (Å²) >= 11 is 2.37. The maximum atomic E-state index is 12.6. The molecule has 0 saturated carbocycles. The van der Waals surface area contributed by atoms with Crippen LogP contribution in [-0.4, -0.2) is 63.2 Å². The molecule has 2 aromatic carbocycles. The lowest BCUT2D eigenvalue weighted by atomic mass is 9.99. The number of nitrogens with zero attached hydrogens (tertiary/aromatic N) is 2. The molecule has 0 spiro atoms. The van der Waals surface area contributed by atoms with Crippen molar-refractivity contribution in [3.63, 3.8) is 0 Å². The Morgan fingerprint density at radius 2 is 1.46 bits per heavy atom. The maximum Gasteiger partial charge on any atom is 0.335 e. The van der Waals surface area contributed by atoms with E-state index in [9.17, 15) is 16.8 Å². The second kappa shape index (κ2) is 22.6. The number of allylic oxidation sites excluding steroid dienone is 1. The van der Waals surface area contributed by atoms with Crippen LogP contribution in [0.4, 0.5) is 0 Å². The summed E-state index contributed by atoms with van der Waals surface area (Å²) in [5, 5.41) is 1.75. The molecule has 1 aliphatic rings. The molecule has 0 amide bonds. The lowest BCUT2D eigenvalue weighted by Crippen LogP contribution is -2.41. The summed E-state index contributed by atoms with van der Waals surface area (Å²) in [7, 11) is -5.24. The zero-order chi connectivity index (χ0) is 35.4. The van der Waals surface area contributed by atoms with Crippen molar-refractivity contribution in [2.45, 2.75) is 95.1 Å². The van der Waals surface area contributed by atoms with Crippen molar-refractivity contribution in [3.05, 3.63) is 89.4 Å². The molecule has 1 aliphatic heterocycles. The van der Waals surface area contributed by atoms with Crippen molar-refractivity contribution >= 4 is 65.5 Å². The van der Waals surface area contributed by atoms with Gasteiger partial charge in [-0.3, -0.25) is 0 Å². The molecule has 258 valence electrons. The van der Waals surface area contributed by atoms with Gasteiger partial charge >= 0.3 is 11.6 Å². The van der Waals surface area contributed by atoms with Crippen LogP contribution in [0.15, 0.2) is 93.1 Å². The van der Waals surface area contributed by atoms with Crippen LogP contribution in [0.3, 0.4) is 0 Å². The SMILES string of the molecule is CCC=N[S@@](=O)C(C)(C)C.CC[C@H]1C(Cc2ccccc2)=CCN1[S@@](=O)C(C)(C)C.O=S(=O)(/C=C/CBr)c1ccccc1.O=S=O. The number of alkyl halides is 1. The third kappa shape index (κ3) is 17.3. The van der Waals surface area contributed by atoms with Gasteiger partial charge in [-0.05, 0) is 78.5 Å². The van der Waals surface area contributed by atoms with E-state index in [2.05, 4.69) is 61.9 Å². The first-order valence-electron chi connectivity index (χ1n) is 14.8. The Bertz CT molecular complexity index is 1440. The molecule has 0 radical (unpaired) electrons. The maximum absolute atomic E-state index is 12.6. The molecular formula is C33H49BrN2O6S4. The highest BCUT2D eigenvalue weighted by Gasteiger charge is 2.35. The molecule has 2 aromatic rings. The van der Waals surface area contributed by atoms with Crippen LogP contribution in [0.25, 0.3) is 0 Å². The van der Waals surface area contributed by atoms with Gasteiger partial charge in [0.25, 0.3) is 0 Å². The highest BCUT2D eigenvalue weighted by atomic mass is 79.9. The molecule has 13 heteroatoms. The van der Waals surface area contributed by atoms with E-state index >= 15 is 0 Å². The van der Waals surface area contributed by atoms with E-state index in [1.165, 1.54) is 16.5 Å².